The highest BCUT2D eigenvalue weighted by atomic mass is 79.9. The van der Waals surface area contributed by atoms with E-state index in [-0.39, 0.29) is 22.4 Å². The van der Waals surface area contributed by atoms with Gasteiger partial charge in [-0.25, -0.2) is 4.98 Å². The number of anilines is 1. The van der Waals surface area contributed by atoms with Gasteiger partial charge in [-0.3, -0.25) is 5.73 Å². The number of hydrogen-bond acceptors (Lipinski definition) is 2. The first-order valence-electron chi connectivity index (χ1n) is 5.92. The topological polar surface area (TPSA) is 40.2 Å². The smallest absolute Gasteiger partial charge is 0.329 e. The van der Waals surface area contributed by atoms with Crippen LogP contribution in [-0.2, 0) is 11.8 Å². The second-order valence-electron chi connectivity index (χ2n) is 5.41. The zero-order chi connectivity index (χ0) is 13.3. The van der Waals surface area contributed by atoms with E-state index in [1.165, 1.54) is 10.6 Å². The van der Waals surface area contributed by atoms with E-state index in [1.54, 1.807) is 11.3 Å². The number of hydrogen-bond donors (Lipinski definition) is 1. The lowest BCUT2D eigenvalue weighted by Gasteiger charge is -2.15. The lowest BCUT2D eigenvalue weighted by molar-refractivity contribution is -0.373. The summed E-state index contributed by atoms with van der Waals surface area (Å²) in [5.41, 5.74) is 8.30. The molecule has 0 aliphatic rings. The van der Waals surface area contributed by atoms with Gasteiger partial charge in [0.25, 0.3) is 0 Å². The van der Waals surface area contributed by atoms with Gasteiger partial charge < -0.3 is 17.0 Å². The van der Waals surface area contributed by atoms with Crippen molar-refractivity contribution in [2.24, 2.45) is 0 Å². The summed E-state index contributed by atoms with van der Waals surface area (Å²) in [6, 6.07) is 7.95. The molecule has 2 rings (SSSR count). The van der Waals surface area contributed by atoms with Crippen molar-refractivity contribution >= 4 is 28.1 Å². The van der Waals surface area contributed by atoms with Gasteiger partial charge in [-0.1, -0.05) is 61.9 Å². The Balaban J connectivity index is 0.00000180. The largest absolute Gasteiger partial charge is 1.00 e. The van der Waals surface area contributed by atoms with Crippen LogP contribution in [0.2, 0.25) is 5.02 Å². The summed E-state index contributed by atoms with van der Waals surface area (Å²) < 4.78 is 0. The Morgan fingerprint density at radius 2 is 1.89 bits per heavy atom. The van der Waals surface area contributed by atoms with Crippen molar-refractivity contribution in [2.75, 3.05) is 5.73 Å². The number of thiazole rings is 1. The van der Waals surface area contributed by atoms with Gasteiger partial charge in [-0.05, 0) is 11.6 Å². The molecule has 0 unspecified atom stereocenters. The number of nitrogens with two attached hydrogens (primary N) is 1. The van der Waals surface area contributed by atoms with Gasteiger partial charge in [0.2, 0.25) is 0 Å². The van der Waals surface area contributed by atoms with Crippen LogP contribution in [0.15, 0.2) is 24.3 Å². The third-order valence-corrected chi connectivity index (χ3v) is 4.10. The lowest BCUT2D eigenvalue weighted by Crippen LogP contribution is -3.00. The fourth-order valence-electron chi connectivity index (χ4n) is 1.95. The molecule has 0 aliphatic heterocycles. The molecule has 0 saturated carbocycles. The molecule has 2 aromatic rings. The monoisotopic (exact) mass is 360 g/mol. The van der Waals surface area contributed by atoms with Crippen molar-refractivity contribution in [3.8, 4) is 0 Å². The maximum Gasteiger partial charge on any atom is 0.329 e. The van der Waals surface area contributed by atoms with Crippen molar-refractivity contribution in [3.63, 3.8) is 0 Å². The minimum Gasteiger partial charge on any atom is -1.00 e. The van der Waals surface area contributed by atoms with E-state index in [1.807, 2.05) is 18.2 Å². The molecule has 0 saturated heterocycles. The molecule has 0 radical (unpaired) electrons. The van der Waals surface area contributed by atoms with Crippen LogP contribution in [0.5, 0.6) is 0 Å². The first kappa shape index (κ1) is 16.5. The number of aromatic nitrogens is 1. The molecule has 1 aromatic carbocycles. The lowest BCUT2D eigenvalue weighted by atomic mass is 9.90. The van der Waals surface area contributed by atoms with Crippen molar-refractivity contribution in [2.45, 2.75) is 32.6 Å². The number of H-pyrrole nitrogens is 1. The Hall–Kier alpha value is -0.580. The molecule has 0 fully saturated rings. The van der Waals surface area contributed by atoms with Crippen LogP contribution in [0.25, 0.3) is 0 Å². The predicted octanol–water partition coefficient (Wildman–Crippen LogP) is 0.690. The van der Waals surface area contributed by atoms with Gasteiger partial charge >= 0.3 is 5.13 Å². The Morgan fingerprint density at radius 3 is 2.47 bits per heavy atom. The SMILES string of the molecule is CC(C)(C)c1[nH+]c(N)sc1Cc1ccccc1Cl.[Br-]. The van der Waals surface area contributed by atoms with Crippen LogP contribution in [0, 0.1) is 0 Å². The molecular weight excluding hydrogens is 344 g/mol. The summed E-state index contributed by atoms with van der Waals surface area (Å²) in [6.45, 7) is 6.54. The maximum atomic E-state index is 6.21. The molecule has 0 atom stereocenters. The number of halogens is 2. The Morgan fingerprint density at radius 1 is 1.26 bits per heavy atom. The number of benzene rings is 1. The number of aromatic amines is 1. The van der Waals surface area contributed by atoms with Gasteiger partial charge in [0.1, 0.15) is 5.69 Å². The summed E-state index contributed by atoms with van der Waals surface area (Å²) in [5.74, 6) is 0. The molecule has 1 heterocycles. The number of rotatable bonds is 2. The molecule has 3 N–H and O–H groups in total. The van der Waals surface area contributed by atoms with E-state index in [4.69, 9.17) is 17.3 Å². The summed E-state index contributed by atoms with van der Waals surface area (Å²) >= 11 is 7.82. The molecule has 1 aromatic heterocycles. The standard InChI is InChI=1S/C14H17ClN2S.BrH/c1-14(2,3)12-11(18-13(16)17-12)8-9-6-4-5-7-10(9)15;/h4-7H,8H2,1-3H3,(H2,16,17);1H. The average molecular weight is 362 g/mol. The van der Waals surface area contributed by atoms with Crippen LogP contribution in [0.4, 0.5) is 5.13 Å². The summed E-state index contributed by atoms with van der Waals surface area (Å²) in [4.78, 5) is 4.54. The van der Waals surface area contributed by atoms with Crippen molar-refractivity contribution in [1.82, 2.24) is 0 Å². The van der Waals surface area contributed by atoms with E-state index < -0.39 is 0 Å². The summed E-state index contributed by atoms with van der Waals surface area (Å²) in [5, 5.41) is 1.56. The van der Waals surface area contributed by atoms with Crippen LogP contribution in [-0.4, -0.2) is 0 Å². The molecule has 0 bridgehead atoms. The van der Waals surface area contributed by atoms with Crippen molar-refractivity contribution < 1.29 is 22.0 Å². The van der Waals surface area contributed by atoms with E-state index >= 15 is 0 Å². The molecule has 0 amide bonds. The molecular formula is C14H18BrClN2S. The quantitative estimate of drug-likeness (QED) is 0.840. The van der Waals surface area contributed by atoms with E-state index in [0.29, 0.717) is 0 Å². The van der Waals surface area contributed by atoms with Crippen molar-refractivity contribution in [1.29, 1.82) is 0 Å². The fraction of sp³-hybridized carbons (Fsp3) is 0.357. The third-order valence-electron chi connectivity index (χ3n) is 2.82. The van der Waals surface area contributed by atoms with Crippen molar-refractivity contribution in [3.05, 3.63) is 45.4 Å². The Kier molecular flexibility index (Phi) is 5.42. The minimum atomic E-state index is 0. The molecule has 104 valence electrons. The zero-order valence-corrected chi connectivity index (χ0v) is 14.4. The summed E-state index contributed by atoms with van der Waals surface area (Å²) in [6.07, 6.45) is 0.824. The van der Waals surface area contributed by atoms with Gasteiger partial charge in [-0.15, -0.1) is 0 Å². The van der Waals surface area contributed by atoms with Gasteiger partial charge in [0, 0.05) is 16.9 Å². The number of nitrogens with one attached hydrogen (secondary N) is 1. The second kappa shape index (κ2) is 6.25. The normalized spacial score (nSPS) is 11.2. The maximum absolute atomic E-state index is 6.21. The first-order valence-corrected chi connectivity index (χ1v) is 7.11. The van der Waals surface area contributed by atoms with Gasteiger partial charge in [-0.2, -0.15) is 0 Å². The van der Waals surface area contributed by atoms with E-state index in [2.05, 4.69) is 31.8 Å². The highest BCUT2D eigenvalue weighted by Gasteiger charge is 2.26. The second-order valence-corrected chi connectivity index (χ2v) is 6.95. The van der Waals surface area contributed by atoms with Gasteiger partial charge in [0.05, 0.1) is 4.88 Å². The molecule has 5 heteroatoms. The Bertz CT molecular complexity index is 561. The van der Waals surface area contributed by atoms with Crippen LogP contribution >= 0.6 is 22.9 Å². The highest BCUT2D eigenvalue weighted by Crippen LogP contribution is 2.30. The van der Waals surface area contributed by atoms with Crippen LogP contribution in [0.1, 0.15) is 36.9 Å². The molecule has 2 nitrogen and oxygen atoms in total. The molecule has 0 spiro atoms. The fourth-order valence-corrected chi connectivity index (χ4v) is 3.26. The van der Waals surface area contributed by atoms with E-state index in [0.717, 1.165) is 22.1 Å². The highest BCUT2D eigenvalue weighted by molar-refractivity contribution is 7.15. The van der Waals surface area contributed by atoms with Crippen LogP contribution < -0.4 is 27.7 Å². The minimum absolute atomic E-state index is 0. The van der Waals surface area contributed by atoms with Gasteiger partial charge in [0.15, 0.2) is 0 Å². The molecule has 0 aliphatic carbocycles. The van der Waals surface area contributed by atoms with Crippen LogP contribution in [0.3, 0.4) is 0 Å². The first-order chi connectivity index (χ1) is 8.38. The zero-order valence-electron chi connectivity index (χ0n) is 11.3. The number of nitrogen functional groups attached to an aromatic ring is 1. The third kappa shape index (κ3) is 3.94. The van der Waals surface area contributed by atoms with E-state index in [9.17, 15) is 0 Å². The predicted molar refractivity (Wildman–Crippen MR) is 78.2 cm³/mol. The molecule has 19 heavy (non-hydrogen) atoms. The Labute approximate surface area is 133 Å². The average Bonchev–Trinajstić information content (AvgIpc) is 2.63. The summed E-state index contributed by atoms with van der Waals surface area (Å²) in [7, 11) is 0.